The molecule has 1 rings (SSSR count). The van der Waals surface area contributed by atoms with E-state index in [0.29, 0.717) is 0 Å². The molecular weight excluding hydrogens is 313 g/mol. The molecule has 9 heteroatoms. The number of nitrogens with one attached hydrogen (secondary N) is 3. The van der Waals surface area contributed by atoms with E-state index < -0.39 is 23.6 Å². The van der Waals surface area contributed by atoms with Gasteiger partial charge >= 0.3 is 6.18 Å². The summed E-state index contributed by atoms with van der Waals surface area (Å²) in [6, 6.07) is 6.19. The molecule has 0 bridgehead atoms. The molecule has 6 nitrogen and oxygen atoms in total. The Morgan fingerprint density at radius 1 is 1.26 bits per heavy atom. The molecule has 0 unspecified atom stereocenters. The first-order chi connectivity index (χ1) is 10.7. The van der Waals surface area contributed by atoms with Gasteiger partial charge in [0.25, 0.3) is 5.91 Å². The lowest BCUT2D eigenvalue weighted by atomic mass is 10.1. The maximum atomic E-state index is 12.8. The average Bonchev–Trinajstić information content (AvgIpc) is 2.44. The van der Waals surface area contributed by atoms with E-state index in [1.54, 1.807) is 6.07 Å². The predicted molar refractivity (Wildman–Crippen MR) is 75.3 cm³/mol. The Kier molecular flexibility index (Phi) is 6.14. The molecule has 0 spiro atoms. The number of carbonyl (C=O) groups excluding carboxylic acids is 2. The summed E-state index contributed by atoms with van der Waals surface area (Å²) in [6.45, 7) is 1.42. The van der Waals surface area contributed by atoms with Crippen LogP contribution in [0, 0.1) is 11.3 Å². The van der Waals surface area contributed by atoms with Gasteiger partial charge < -0.3 is 10.7 Å². The summed E-state index contributed by atoms with van der Waals surface area (Å²) in [4.78, 5) is 22.7. The third-order valence-electron chi connectivity index (χ3n) is 2.48. The fraction of sp³-hybridized carbons (Fsp3) is 0.214. The highest BCUT2D eigenvalue weighted by molar-refractivity contribution is 6.00. The van der Waals surface area contributed by atoms with Gasteiger partial charge in [0.1, 0.15) is 6.42 Å². The zero-order chi connectivity index (χ0) is 17.5. The maximum absolute atomic E-state index is 12.8. The Bertz CT molecular complexity index is 663. The number of amides is 2. The van der Waals surface area contributed by atoms with E-state index in [1.165, 1.54) is 19.1 Å². The van der Waals surface area contributed by atoms with Crippen molar-refractivity contribution in [3.8, 4) is 6.07 Å². The number of nitrogens with zero attached hydrogens (tertiary/aromatic N) is 1. The normalized spacial score (nSPS) is 11.3. The summed E-state index contributed by atoms with van der Waals surface area (Å²) in [5.41, 5.74) is 3.35. The van der Waals surface area contributed by atoms with Gasteiger partial charge in [-0.2, -0.15) is 18.4 Å². The minimum absolute atomic E-state index is 0.179. The van der Waals surface area contributed by atoms with Crippen molar-refractivity contribution in [2.75, 3.05) is 5.32 Å². The smallest absolute Gasteiger partial charge is 0.322 e. The molecular formula is C14H13F3N4O2. The topological polar surface area (TPSA) is 94.0 Å². The van der Waals surface area contributed by atoms with Gasteiger partial charge in [-0.25, -0.2) is 0 Å². The Balaban J connectivity index is 2.72. The molecule has 0 atom stereocenters. The van der Waals surface area contributed by atoms with E-state index in [-0.39, 0.29) is 17.8 Å². The molecule has 1 aromatic carbocycles. The van der Waals surface area contributed by atoms with Crippen LogP contribution in [0.5, 0.6) is 0 Å². The second-order valence-electron chi connectivity index (χ2n) is 4.37. The summed E-state index contributed by atoms with van der Waals surface area (Å²) < 4.78 is 38.4. The minimum Gasteiger partial charge on any atom is -0.322 e. The quantitative estimate of drug-likeness (QED) is 0.570. The zero-order valence-electron chi connectivity index (χ0n) is 12.0. The third-order valence-corrected chi connectivity index (χ3v) is 2.48. The summed E-state index contributed by atoms with van der Waals surface area (Å²) >= 11 is 0. The molecule has 0 saturated heterocycles. The second kappa shape index (κ2) is 7.84. The number of hydrazine groups is 1. The molecule has 0 radical (unpaired) electrons. The third kappa shape index (κ3) is 6.09. The highest BCUT2D eigenvalue weighted by Gasteiger charge is 2.33. The Morgan fingerprint density at radius 2 is 1.91 bits per heavy atom. The van der Waals surface area contributed by atoms with Crippen molar-refractivity contribution in [1.29, 1.82) is 5.26 Å². The molecule has 1 aromatic rings. The van der Waals surface area contributed by atoms with Crippen LogP contribution in [-0.2, 0) is 15.8 Å². The SMILES string of the molecule is C/C(=C\C(=O)Nc1ccccc1C(F)(F)F)NNC(=O)CC#N. The number of alkyl halides is 3. The van der Waals surface area contributed by atoms with Crippen molar-refractivity contribution < 1.29 is 22.8 Å². The van der Waals surface area contributed by atoms with Gasteiger partial charge in [0.2, 0.25) is 5.91 Å². The van der Waals surface area contributed by atoms with Gasteiger partial charge in [0, 0.05) is 11.8 Å². The van der Waals surface area contributed by atoms with Crippen molar-refractivity contribution in [2.45, 2.75) is 19.5 Å². The predicted octanol–water partition coefficient (Wildman–Crippen LogP) is 2.08. The molecule has 0 aliphatic heterocycles. The van der Waals surface area contributed by atoms with Crippen LogP contribution in [0.25, 0.3) is 0 Å². The van der Waals surface area contributed by atoms with E-state index in [0.717, 1.165) is 18.2 Å². The first-order valence-electron chi connectivity index (χ1n) is 6.31. The van der Waals surface area contributed by atoms with Crippen LogP contribution < -0.4 is 16.2 Å². The van der Waals surface area contributed by atoms with E-state index in [1.807, 2.05) is 0 Å². The maximum Gasteiger partial charge on any atom is 0.418 e. The van der Waals surface area contributed by atoms with Gasteiger partial charge in [-0.15, -0.1) is 0 Å². The van der Waals surface area contributed by atoms with Crippen LogP contribution in [0.2, 0.25) is 0 Å². The second-order valence-corrected chi connectivity index (χ2v) is 4.37. The number of nitriles is 1. The van der Waals surface area contributed by atoms with Gasteiger partial charge in [-0.3, -0.25) is 15.0 Å². The molecule has 0 heterocycles. The first kappa shape index (κ1) is 18.0. The lowest BCUT2D eigenvalue weighted by Crippen LogP contribution is -2.36. The summed E-state index contributed by atoms with van der Waals surface area (Å²) in [7, 11) is 0. The number of halogens is 3. The first-order valence-corrected chi connectivity index (χ1v) is 6.31. The number of hydrogen-bond donors (Lipinski definition) is 3. The standard InChI is InChI=1S/C14H13F3N4O2/c1-9(20-21-12(22)6-7-18)8-13(23)19-11-5-3-2-4-10(11)14(15,16)17/h2-5,8,20H,6H2,1H3,(H,19,23)(H,21,22)/b9-8+. The molecule has 0 aliphatic rings. The van der Waals surface area contributed by atoms with Crippen molar-refractivity contribution in [2.24, 2.45) is 0 Å². The molecule has 23 heavy (non-hydrogen) atoms. The number of rotatable bonds is 5. The monoisotopic (exact) mass is 326 g/mol. The van der Waals surface area contributed by atoms with Gasteiger partial charge in [-0.1, -0.05) is 12.1 Å². The number of hydrogen-bond acceptors (Lipinski definition) is 4. The molecule has 122 valence electrons. The molecule has 0 fully saturated rings. The number of carbonyl (C=O) groups is 2. The van der Waals surface area contributed by atoms with Crippen molar-refractivity contribution in [3.63, 3.8) is 0 Å². The molecule has 0 saturated carbocycles. The van der Waals surface area contributed by atoms with Crippen LogP contribution >= 0.6 is 0 Å². The molecule has 0 aliphatic carbocycles. The Hall–Kier alpha value is -3.02. The van der Waals surface area contributed by atoms with Crippen LogP contribution in [0.3, 0.4) is 0 Å². The average molecular weight is 326 g/mol. The largest absolute Gasteiger partial charge is 0.418 e. The van der Waals surface area contributed by atoms with Crippen LogP contribution in [0.15, 0.2) is 36.0 Å². The number of benzene rings is 1. The fourth-order valence-electron chi connectivity index (χ4n) is 1.53. The zero-order valence-corrected chi connectivity index (χ0v) is 12.0. The van der Waals surface area contributed by atoms with E-state index in [9.17, 15) is 22.8 Å². The molecule has 2 amide bonds. The molecule has 0 aromatic heterocycles. The number of para-hydroxylation sites is 1. The summed E-state index contributed by atoms with van der Waals surface area (Å²) in [5, 5.41) is 10.4. The van der Waals surface area contributed by atoms with Crippen LogP contribution in [0.1, 0.15) is 18.9 Å². The van der Waals surface area contributed by atoms with Gasteiger partial charge in [-0.05, 0) is 19.1 Å². The van der Waals surface area contributed by atoms with Gasteiger partial charge in [0.05, 0.1) is 17.3 Å². The Labute approximate surface area is 129 Å². The highest BCUT2D eigenvalue weighted by atomic mass is 19.4. The lowest BCUT2D eigenvalue weighted by molar-refractivity contribution is -0.137. The van der Waals surface area contributed by atoms with Crippen LogP contribution in [-0.4, -0.2) is 11.8 Å². The van der Waals surface area contributed by atoms with E-state index >= 15 is 0 Å². The van der Waals surface area contributed by atoms with E-state index in [2.05, 4.69) is 16.2 Å². The minimum atomic E-state index is -4.59. The summed E-state index contributed by atoms with van der Waals surface area (Å²) in [6.07, 6.45) is -3.99. The number of anilines is 1. The van der Waals surface area contributed by atoms with Crippen LogP contribution in [0.4, 0.5) is 18.9 Å². The van der Waals surface area contributed by atoms with E-state index in [4.69, 9.17) is 5.26 Å². The molecule has 3 N–H and O–H groups in total. The van der Waals surface area contributed by atoms with Crippen molar-refractivity contribution >= 4 is 17.5 Å². The van der Waals surface area contributed by atoms with Crippen molar-refractivity contribution in [1.82, 2.24) is 10.9 Å². The summed E-state index contributed by atoms with van der Waals surface area (Å²) in [5.74, 6) is -1.41. The van der Waals surface area contributed by atoms with Gasteiger partial charge in [0.15, 0.2) is 0 Å². The highest BCUT2D eigenvalue weighted by Crippen LogP contribution is 2.34. The Morgan fingerprint density at radius 3 is 2.52 bits per heavy atom. The lowest BCUT2D eigenvalue weighted by Gasteiger charge is -2.13. The number of allylic oxidation sites excluding steroid dienone is 1. The van der Waals surface area contributed by atoms with Crippen molar-refractivity contribution in [3.05, 3.63) is 41.6 Å². The fourth-order valence-corrected chi connectivity index (χ4v) is 1.53.